The van der Waals surface area contributed by atoms with E-state index in [1.807, 2.05) is 12.2 Å². The maximum absolute atomic E-state index is 4.10. The first kappa shape index (κ1) is 59.6. The average molecular weight is 886 g/mol. The highest BCUT2D eigenvalue weighted by Crippen LogP contribution is 2.69. The third-order valence-corrected chi connectivity index (χ3v) is 15.5. The van der Waals surface area contributed by atoms with E-state index in [2.05, 4.69) is 204 Å². The molecule has 0 aromatic heterocycles. The summed E-state index contributed by atoms with van der Waals surface area (Å²) in [4.78, 5) is 0. The number of hydrogen-bond donors (Lipinski definition) is 0. The molecule has 0 heterocycles. The third-order valence-electron chi connectivity index (χ3n) is 15.5. The molecule has 0 amide bonds. The molecule has 0 nitrogen and oxygen atoms in total. The Kier molecular flexibility index (Phi) is 27.6. The molecule has 65 heavy (non-hydrogen) atoms. The smallest absolute Gasteiger partial charge is 0.0141 e. The molecular weight excluding hydrogens is 781 g/mol. The Bertz CT molecular complexity index is 1770. The SMILES string of the molecule is C=C/C(C)=C/CCC(=C)C.C=C1CCC2(C(C)C)CC12.C=CC(=C)CCC=C(C)C.CC(C)=CCC[C@H](C)[C@@H]1C=CC(C)=CC1.CC1=CCC(C(C)C)C=C1.CC1=CCC2CC1C2(C)C. The van der Waals surface area contributed by atoms with E-state index in [0.29, 0.717) is 5.41 Å². The van der Waals surface area contributed by atoms with Gasteiger partial charge in [0.1, 0.15) is 0 Å². The van der Waals surface area contributed by atoms with Gasteiger partial charge in [-0.15, -0.1) is 6.58 Å². The highest BCUT2D eigenvalue weighted by Gasteiger charge is 2.59. The van der Waals surface area contributed by atoms with Crippen LogP contribution in [0.1, 0.15) is 194 Å². The fourth-order valence-corrected chi connectivity index (χ4v) is 9.83. The van der Waals surface area contributed by atoms with Gasteiger partial charge in [-0.05, 0) is 204 Å². The van der Waals surface area contributed by atoms with Gasteiger partial charge in [0.05, 0.1) is 0 Å². The first-order valence-electron chi connectivity index (χ1n) is 26.0. The predicted octanol–water partition coefficient (Wildman–Crippen LogP) is 21.0. The van der Waals surface area contributed by atoms with Gasteiger partial charge in [-0.25, -0.2) is 0 Å². The highest BCUT2D eigenvalue weighted by atomic mass is 14.6. The number of allylic oxidation sites excluding steroid dienone is 21. The summed E-state index contributed by atoms with van der Waals surface area (Å²) in [6.45, 7) is 54.9. The second-order valence-electron chi connectivity index (χ2n) is 22.6. The summed E-state index contributed by atoms with van der Waals surface area (Å²) in [6.07, 6.45) is 43.1. The van der Waals surface area contributed by atoms with Crippen molar-refractivity contribution >= 4 is 0 Å². The van der Waals surface area contributed by atoms with Gasteiger partial charge >= 0.3 is 0 Å². The summed E-state index contributed by atoms with van der Waals surface area (Å²) in [5, 5.41) is 0. The van der Waals surface area contributed by atoms with Crippen molar-refractivity contribution in [1.29, 1.82) is 0 Å². The minimum atomic E-state index is 0.638. The Morgan fingerprint density at radius 1 is 0.708 bits per heavy atom. The quantitative estimate of drug-likeness (QED) is 0.120. The lowest BCUT2D eigenvalue weighted by molar-refractivity contribution is -0.00579. The molecule has 0 spiro atoms. The predicted molar refractivity (Wildman–Crippen MR) is 298 cm³/mol. The first-order valence-corrected chi connectivity index (χ1v) is 26.0. The number of hydrogen-bond acceptors (Lipinski definition) is 0. The Morgan fingerprint density at radius 3 is 1.62 bits per heavy atom. The molecule has 0 aromatic carbocycles. The fourth-order valence-electron chi connectivity index (χ4n) is 9.83. The van der Waals surface area contributed by atoms with Gasteiger partial charge in [-0.3, -0.25) is 0 Å². The van der Waals surface area contributed by atoms with Gasteiger partial charge in [-0.2, -0.15) is 0 Å². The summed E-state index contributed by atoms with van der Waals surface area (Å²) in [5.41, 5.74) is 13.8. The molecule has 0 heteroatoms. The molecule has 2 bridgehead atoms. The van der Waals surface area contributed by atoms with Gasteiger partial charge in [0.25, 0.3) is 0 Å². The number of rotatable bonds is 14. The monoisotopic (exact) mass is 885 g/mol. The molecule has 364 valence electrons. The Hall–Kier alpha value is -3.38. The van der Waals surface area contributed by atoms with Crippen LogP contribution < -0.4 is 0 Å². The topological polar surface area (TPSA) is 0 Å². The van der Waals surface area contributed by atoms with Crippen LogP contribution >= 0.6 is 0 Å². The van der Waals surface area contributed by atoms with Crippen molar-refractivity contribution in [1.82, 2.24) is 0 Å². The van der Waals surface area contributed by atoms with Crippen molar-refractivity contribution in [3.8, 4) is 0 Å². The molecule has 7 aliphatic carbocycles. The molecular formula is C65H104. The average Bonchev–Trinajstić information content (AvgIpc) is 3.91. The van der Waals surface area contributed by atoms with Gasteiger partial charge in [0, 0.05) is 0 Å². The summed E-state index contributed by atoms with van der Waals surface area (Å²) in [6, 6.07) is 0. The Morgan fingerprint density at radius 2 is 1.26 bits per heavy atom. The van der Waals surface area contributed by atoms with E-state index >= 15 is 0 Å². The van der Waals surface area contributed by atoms with Crippen LogP contribution in [0.4, 0.5) is 0 Å². The van der Waals surface area contributed by atoms with E-state index in [1.54, 1.807) is 5.57 Å². The van der Waals surface area contributed by atoms with Crippen LogP contribution in [0.25, 0.3) is 0 Å². The van der Waals surface area contributed by atoms with Crippen LogP contribution in [0.15, 0.2) is 156 Å². The standard InChI is InChI=1S/C15H24.5C10H16/c1-12(2)6-5-7-14(4)15-10-8-13(3)9-11-15;1-7-4-5-8-6-9(7)10(8,2)3;1-7(2)10-5-4-8(3)9(10)6-10;1-8(2)10-6-4-9(3)5-7-10;2*1-5-10(4)8-6-7-9(2)3/h6,8-10,14-15H,5,7,11H2,1-4H3;4,8-9H,5-6H2,1-3H3;7,9H,3-6H2,1-2H3;4-6,8,10H,7H2,1-3H3;5,7H,1,4,6,8H2,2-3H3;5,8H,1-2,6-7H2,3-4H3/b;;;;;10-8+/t14-,15+;;;;;/m0...../s1. The minimum absolute atomic E-state index is 0.638. The van der Waals surface area contributed by atoms with Gasteiger partial charge in [0.2, 0.25) is 0 Å². The zero-order chi connectivity index (χ0) is 49.5. The number of fused-ring (bicyclic) bond motifs is 2. The van der Waals surface area contributed by atoms with Crippen LogP contribution in [-0.4, -0.2) is 0 Å². The molecule has 0 aromatic rings. The van der Waals surface area contributed by atoms with E-state index < -0.39 is 0 Å². The molecule has 0 N–H and O–H groups in total. The lowest BCUT2D eigenvalue weighted by Crippen LogP contribution is -2.47. The largest absolute Gasteiger partial charge is 0.100 e. The summed E-state index contributed by atoms with van der Waals surface area (Å²) >= 11 is 0. The van der Waals surface area contributed by atoms with Crippen molar-refractivity contribution in [2.75, 3.05) is 0 Å². The van der Waals surface area contributed by atoms with E-state index in [9.17, 15) is 0 Å². The van der Waals surface area contributed by atoms with Crippen LogP contribution in [0.5, 0.6) is 0 Å². The lowest BCUT2D eigenvalue weighted by atomic mass is 9.49. The molecule has 0 aliphatic heterocycles. The Labute approximate surface area is 406 Å². The summed E-state index contributed by atoms with van der Waals surface area (Å²) in [5.74, 6) is 6.88. The molecule has 7 rings (SSSR count). The Balaban J connectivity index is 0.000000393. The maximum atomic E-state index is 4.10. The van der Waals surface area contributed by atoms with E-state index in [4.69, 9.17) is 0 Å². The van der Waals surface area contributed by atoms with Crippen molar-refractivity contribution in [2.45, 2.75) is 194 Å². The summed E-state index contributed by atoms with van der Waals surface area (Å²) in [7, 11) is 0. The van der Waals surface area contributed by atoms with Crippen molar-refractivity contribution < 1.29 is 0 Å². The molecule has 7 aliphatic rings. The zero-order valence-corrected chi connectivity index (χ0v) is 45.8. The third kappa shape index (κ3) is 22.3. The normalized spacial score (nSPS) is 25.3. The van der Waals surface area contributed by atoms with Gasteiger partial charge < -0.3 is 0 Å². The van der Waals surface area contributed by atoms with Crippen LogP contribution in [0, 0.1) is 58.2 Å². The van der Waals surface area contributed by atoms with E-state index in [1.165, 1.54) is 96.8 Å². The fraction of sp³-hybridized carbons (Fsp3) is 0.600. The molecule has 7 atom stereocenters. The van der Waals surface area contributed by atoms with Crippen molar-refractivity contribution in [3.05, 3.63) is 156 Å². The van der Waals surface area contributed by atoms with Crippen LogP contribution in [0.2, 0.25) is 0 Å². The molecule has 5 unspecified atom stereocenters. The maximum Gasteiger partial charge on any atom is -0.0141 e. The first-order chi connectivity index (χ1) is 30.4. The van der Waals surface area contributed by atoms with Crippen molar-refractivity contribution in [2.24, 2.45) is 58.2 Å². The van der Waals surface area contributed by atoms with E-state index in [-0.39, 0.29) is 0 Å². The molecule has 0 saturated heterocycles. The molecule has 0 radical (unpaired) electrons. The van der Waals surface area contributed by atoms with Crippen molar-refractivity contribution in [3.63, 3.8) is 0 Å². The zero-order valence-electron chi connectivity index (χ0n) is 45.8. The van der Waals surface area contributed by atoms with Crippen LogP contribution in [0.3, 0.4) is 0 Å². The second kappa shape index (κ2) is 30.1. The van der Waals surface area contributed by atoms with E-state index in [0.717, 1.165) is 84.0 Å². The highest BCUT2D eigenvalue weighted by molar-refractivity contribution is 5.26. The van der Waals surface area contributed by atoms with Gasteiger partial charge in [0.15, 0.2) is 0 Å². The van der Waals surface area contributed by atoms with Crippen LogP contribution in [-0.2, 0) is 0 Å². The lowest BCUT2D eigenvalue weighted by Gasteiger charge is -2.56. The van der Waals surface area contributed by atoms with Gasteiger partial charge in [-0.1, -0.05) is 198 Å². The molecule has 3 fully saturated rings. The second-order valence-corrected chi connectivity index (χ2v) is 22.6. The molecule has 3 saturated carbocycles. The summed E-state index contributed by atoms with van der Waals surface area (Å²) < 4.78 is 0. The minimum Gasteiger partial charge on any atom is -0.100 e.